The molecule has 0 atom stereocenters. The first-order chi connectivity index (χ1) is 14.1. The van der Waals surface area contributed by atoms with Gasteiger partial charge in [0.15, 0.2) is 0 Å². The van der Waals surface area contributed by atoms with Crippen molar-refractivity contribution in [2.24, 2.45) is 9.98 Å². The van der Waals surface area contributed by atoms with Crippen LogP contribution < -0.4 is 5.56 Å². The number of fused-ring (bicyclic) bond motifs is 3. The van der Waals surface area contributed by atoms with Crippen LogP contribution in [0, 0.1) is 0 Å². The molecule has 180 valence electrons. The maximum Gasteiger partial charge on any atom is 0.256 e. The van der Waals surface area contributed by atoms with Crippen LogP contribution in [0.5, 0.6) is 0 Å². The number of hydrogen-bond acceptors (Lipinski definition) is 3. The maximum atomic E-state index is 12.8. The Morgan fingerprint density at radius 3 is 1.79 bits per heavy atom. The first kappa shape index (κ1) is 28.4. The van der Waals surface area contributed by atoms with Crippen molar-refractivity contribution in [3.8, 4) is 0 Å². The second-order valence-electron chi connectivity index (χ2n) is 8.02. The highest BCUT2D eigenvalue weighted by Gasteiger charge is 2.15. The number of aromatic nitrogens is 1. The summed E-state index contributed by atoms with van der Waals surface area (Å²) in [5.41, 5.74) is 2.44. The van der Waals surface area contributed by atoms with Crippen LogP contribution in [0.25, 0.3) is 21.7 Å². The van der Waals surface area contributed by atoms with Crippen LogP contribution in [0.1, 0.15) is 25.7 Å². The summed E-state index contributed by atoms with van der Waals surface area (Å²) in [7, 11) is 4.14. The molecule has 0 radical (unpaired) electrons. The van der Waals surface area contributed by atoms with E-state index in [2.05, 4.69) is 34.9 Å². The second-order valence-corrected chi connectivity index (χ2v) is 8.02. The number of aromatic amines is 1. The average Bonchev–Trinajstić information content (AvgIpc) is 3.30. The SMILES string of the molecule is CN1CCCC1=Nc1ccc2c(c1)[nH]c(=O)c1cc(N=C3CCCN3C)ccc12.Cl.Cl.O.O. The van der Waals surface area contributed by atoms with E-state index < -0.39 is 0 Å². The zero-order valence-electron chi connectivity index (χ0n) is 18.7. The normalized spacial score (nSPS) is 17.6. The van der Waals surface area contributed by atoms with Crippen molar-refractivity contribution in [2.45, 2.75) is 25.7 Å². The Morgan fingerprint density at radius 2 is 1.27 bits per heavy atom. The lowest BCUT2D eigenvalue weighted by Gasteiger charge is -2.12. The quantitative estimate of drug-likeness (QED) is 0.547. The van der Waals surface area contributed by atoms with Gasteiger partial charge in [-0.1, -0.05) is 12.1 Å². The number of pyridine rings is 1. The van der Waals surface area contributed by atoms with Gasteiger partial charge in [-0.05, 0) is 42.5 Å². The molecule has 0 amide bonds. The highest BCUT2D eigenvalue weighted by atomic mass is 35.5. The number of rotatable bonds is 2. The van der Waals surface area contributed by atoms with Crippen molar-refractivity contribution in [1.29, 1.82) is 0 Å². The lowest BCUT2D eigenvalue weighted by molar-refractivity contribution is 0.550. The van der Waals surface area contributed by atoms with Crippen molar-refractivity contribution in [3.63, 3.8) is 0 Å². The summed E-state index contributed by atoms with van der Waals surface area (Å²) in [5, 5.41) is 2.65. The first-order valence-electron chi connectivity index (χ1n) is 10.3. The van der Waals surface area contributed by atoms with E-state index >= 15 is 0 Å². The molecule has 0 unspecified atom stereocenters. The third-order valence-electron chi connectivity index (χ3n) is 5.97. The molecule has 2 saturated heterocycles. The van der Waals surface area contributed by atoms with Gasteiger partial charge in [0.05, 0.1) is 16.9 Å². The summed E-state index contributed by atoms with van der Waals surface area (Å²) >= 11 is 0. The van der Waals surface area contributed by atoms with Crippen LogP contribution in [-0.2, 0) is 0 Å². The molecule has 0 bridgehead atoms. The van der Waals surface area contributed by atoms with E-state index in [0.717, 1.165) is 78.1 Å². The minimum absolute atomic E-state index is 0. The highest BCUT2D eigenvalue weighted by molar-refractivity contribution is 6.07. The van der Waals surface area contributed by atoms with Gasteiger partial charge in [0.1, 0.15) is 11.7 Å². The predicted octanol–water partition coefficient (Wildman–Crippen LogP) is 3.39. The fraction of sp³-hybridized carbons (Fsp3) is 0.348. The number of H-pyrrole nitrogens is 1. The smallest absolute Gasteiger partial charge is 0.256 e. The van der Waals surface area contributed by atoms with E-state index in [1.807, 2.05) is 30.3 Å². The van der Waals surface area contributed by atoms with E-state index in [1.165, 1.54) is 0 Å². The van der Waals surface area contributed by atoms with Crippen LogP contribution in [0.3, 0.4) is 0 Å². The molecule has 0 saturated carbocycles. The molecule has 5 rings (SSSR count). The lowest BCUT2D eigenvalue weighted by Crippen LogP contribution is -2.18. The standard InChI is InChI=1S/C23H25N5O.2ClH.2H2O/c1-27-11-3-5-21(27)24-15-7-9-17-18-10-8-16(25-22-6-4-12-28(22)2)14-20(18)26-23(29)19(17)13-15;;;;/h7-10,13-14H,3-6,11-12H2,1-2H3,(H,26,29);2*1H;2*1H2. The van der Waals surface area contributed by atoms with Crippen LogP contribution in [0.2, 0.25) is 0 Å². The van der Waals surface area contributed by atoms with Crippen molar-refractivity contribution in [1.82, 2.24) is 14.8 Å². The Balaban J connectivity index is 0.00000136. The van der Waals surface area contributed by atoms with Crippen LogP contribution in [0.15, 0.2) is 51.2 Å². The Bertz CT molecular complexity index is 1240. The van der Waals surface area contributed by atoms with Crippen LogP contribution in [0.4, 0.5) is 11.4 Å². The summed E-state index contributed by atoms with van der Waals surface area (Å²) in [6, 6.07) is 12.0. The molecule has 0 aliphatic carbocycles. The van der Waals surface area contributed by atoms with E-state index in [9.17, 15) is 4.79 Å². The summed E-state index contributed by atoms with van der Waals surface area (Å²) in [5.74, 6) is 2.19. The van der Waals surface area contributed by atoms with Gasteiger partial charge in [-0.25, -0.2) is 9.98 Å². The third-order valence-corrected chi connectivity index (χ3v) is 5.97. The number of nitrogens with one attached hydrogen (secondary N) is 1. The topological polar surface area (TPSA) is 127 Å². The van der Waals surface area contributed by atoms with Gasteiger partial charge in [0.2, 0.25) is 0 Å². The molecule has 33 heavy (non-hydrogen) atoms. The zero-order chi connectivity index (χ0) is 20.0. The van der Waals surface area contributed by atoms with E-state index in [-0.39, 0.29) is 41.3 Å². The number of nitrogens with zero attached hydrogens (tertiary/aromatic N) is 4. The minimum Gasteiger partial charge on any atom is -0.412 e. The van der Waals surface area contributed by atoms with Gasteiger partial charge in [0.25, 0.3) is 5.56 Å². The fourth-order valence-electron chi connectivity index (χ4n) is 4.32. The molecular formula is C23H31Cl2N5O3. The van der Waals surface area contributed by atoms with E-state index in [4.69, 9.17) is 9.98 Å². The van der Waals surface area contributed by atoms with E-state index in [0.29, 0.717) is 5.39 Å². The third kappa shape index (κ3) is 5.47. The van der Waals surface area contributed by atoms with Gasteiger partial charge < -0.3 is 25.7 Å². The molecule has 10 heteroatoms. The van der Waals surface area contributed by atoms with Gasteiger partial charge in [0, 0.05) is 50.8 Å². The van der Waals surface area contributed by atoms with Crippen molar-refractivity contribution in [3.05, 3.63) is 46.8 Å². The summed E-state index contributed by atoms with van der Waals surface area (Å²) in [6.45, 7) is 2.09. The molecule has 2 fully saturated rings. The molecular weight excluding hydrogens is 465 g/mol. The number of likely N-dealkylation sites (tertiary alicyclic amines) is 2. The molecule has 1 aromatic heterocycles. The Kier molecular flexibility index (Phi) is 9.87. The van der Waals surface area contributed by atoms with Crippen molar-refractivity contribution in [2.75, 3.05) is 27.2 Å². The molecule has 3 heterocycles. The highest BCUT2D eigenvalue weighted by Crippen LogP contribution is 2.29. The predicted molar refractivity (Wildman–Crippen MR) is 142 cm³/mol. The minimum atomic E-state index is -0.0860. The number of aliphatic imine (C=N–C) groups is 2. The monoisotopic (exact) mass is 495 g/mol. The van der Waals surface area contributed by atoms with Crippen LogP contribution >= 0.6 is 24.8 Å². The van der Waals surface area contributed by atoms with Gasteiger partial charge in [-0.15, -0.1) is 24.8 Å². The fourth-order valence-corrected chi connectivity index (χ4v) is 4.32. The molecule has 3 aromatic rings. The number of halogens is 2. The summed E-state index contributed by atoms with van der Waals surface area (Å²) in [6.07, 6.45) is 4.27. The maximum absolute atomic E-state index is 12.8. The molecule has 2 aliphatic rings. The van der Waals surface area contributed by atoms with Gasteiger partial charge >= 0.3 is 0 Å². The summed E-state index contributed by atoms with van der Waals surface area (Å²) in [4.78, 5) is 29.7. The first-order valence-corrected chi connectivity index (χ1v) is 10.3. The number of amidine groups is 2. The van der Waals surface area contributed by atoms with Gasteiger partial charge in [-0.2, -0.15) is 0 Å². The van der Waals surface area contributed by atoms with Crippen LogP contribution in [-0.4, -0.2) is 64.6 Å². The summed E-state index contributed by atoms with van der Waals surface area (Å²) < 4.78 is 0. The Morgan fingerprint density at radius 1 is 0.758 bits per heavy atom. The molecule has 8 nitrogen and oxygen atoms in total. The molecule has 2 aliphatic heterocycles. The molecule has 0 spiro atoms. The van der Waals surface area contributed by atoms with Crippen molar-refractivity contribution >= 4 is 69.5 Å². The number of hydrogen-bond donors (Lipinski definition) is 1. The lowest BCUT2D eigenvalue weighted by atomic mass is 10.1. The van der Waals surface area contributed by atoms with E-state index in [1.54, 1.807) is 0 Å². The largest absolute Gasteiger partial charge is 0.412 e. The Labute approximate surface area is 204 Å². The Hall–Kier alpha value is -2.65. The van der Waals surface area contributed by atoms with Gasteiger partial charge in [-0.3, -0.25) is 4.79 Å². The molecule has 5 N–H and O–H groups in total. The molecule has 2 aromatic carbocycles. The second kappa shape index (κ2) is 11.5. The zero-order valence-corrected chi connectivity index (χ0v) is 20.4. The number of benzene rings is 2. The average molecular weight is 496 g/mol. The van der Waals surface area contributed by atoms with Crippen molar-refractivity contribution < 1.29 is 11.0 Å².